The predicted octanol–water partition coefficient (Wildman–Crippen LogP) is -2.66. The van der Waals surface area contributed by atoms with E-state index in [1.54, 1.807) is 99.0 Å². The molecule has 22 N–H and O–H groups in total. The molecule has 3 aliphatic heterocycles. The van der Waals surface area contributed by atoms with Crippen molar-refractivity contribution in [2.24, 2.45) is 23.1 Å². The Bertz CT molecular complexity index is 4890. The highest BCUT2D eigenvalue weighted by Gasteiger charge is 2.46. The van der Waals surface area contributed by atoms with Gasteiger partial charge in [0.2, 0.25) is 100 Å². The number of para-hydroxylation sites is 2. The highest BCUT2D eigenvalue weighted by atomic mass is 32.2. The number of aliphatic hydroxyl groups is 2. The molecular weight excluding hydrogens is 1700 g/mol. The zero-order valence-corrected chi connectivity index (χ0v) is 75.7. The first kappa shape index (κ1) is 103. The van der Waals surface area contributed by atoms with E-state index >= 15 is 28.8 Å². The van der Waals surface area contributed by atoms with Crippen molar-refractivity contribution < 1.29 is 91.7 Å². The molecule has 17 amide bonds. The third kappa shape index (κ3) is 28.9. The molecule has 3 saturated heterocycles. The summed E-state index contributed by atoms with van der Waals surface area (Å²) in [5.74, 6) is -17.2. The number of primary amides is 2. The fraction of sp³-hybridized carbons (Fsp3) is 0.545. The number of hydrogen-bond donors (Lipinski definition) is 19. The minimum absolute atomic E-state index is 0.000354. The average Bonchev–Trinajstić information content (AvgIpc) is 1.57. The number of fused-ring (bicyclic) bond motifs is 4. The van der Waals surface area contributed by atoms with E-state index in [2.05, 4.69) is 68.5 Å². The second kappa shape index (κ2) is 49.2. The molecule has 5 aromatic rings. The SMILES string of the molecule is CCCC[C@H]1C(=O)N(C)[C@@H](CCCC)C(=O)N[C@@H](CCCNC(=N)N)C(=O)N[C@H](C(=O)NCC(N)=O)CSCC(=O)N[C@@H](Cc2ccc(C)cc2)C(=O)N(C)[C@@H](C)C(=O)N[C@@H](CC(N)=O)C(=O)N2CCC[C@H]2C(=O)NCC(=O)N[C@@H](CC(C)C)C(=O)N2C[C@H](O)CC2C(=O)N[C@@H](Cc2c[nH]c3ccccc23)C(=O)N[C@@H](CO)C(=O)N[C@@H](Cc2c[nH]c3ccccc23)C(=O)N1C. The van der Waals surface area contributed by atoms with Gasteiger partial charge in [0.1, 0.15) is 78.5 Å². The second-order valence-electron chi connectivity index (χ2n) is 33.7. The van der Waals surface area contributed by atoms with Crippen LogP contribution in [-0.2, 0) is 101 Å². The lowest BCUT2D eigenvalue weighted by molar-refractivity contribution is -0.149. The van der Waals surface area contributed by atoms with Gasteiger partial charge in [0, 0.05) is 106 Å². The molecule has 1 unspecified atom stereocenters. The van der Waals surface area contributed by atoms with Crippen LogP contribution in [0.2, 0.25) is 0 Å². The number of carbonyl (C=O) groups is 17. The van der Waals surface area contributed by atoms with E-state index in [-0.39, 0.29) is 89.6 Å². The third-order valence-corrected chi connectivity index (χ3v) is 24.4. The maximum absolute atomic E-state index is 15.7. The van der Waals surface area contributed by atoms with Crippen LogP contribution in [0.1, 0.15) is 140 Å². The molecule has 130 heavy (non-hydrogen) atoms. The first-order valence-corrected chi connectivity index (χ1v) is 45.0. The van der Waals surface area contributed by atoms with Gasteiger partial charge in [0.25, 0.3) is 0 Å². The van der Waals surface area contributed by atoms with Crippen molar-refractivity contribution in [1.82, 2.24) is 93.0 Å². The number of rotatable bonds is 24. The lowest BCUT2D eigenvalue weighted by Crippen LogP contribution is -2.61. The number of amides is 17. The van der Waals surface area contributed by atoms with Gasteiger partial charge in [-0.2, -0.15) is 0 Å². The van der Waals surface area contributed by atoms with Crippen LogP contribution in [-0.4, -0.2) is 308 Å². The quantitative estimate of drug-likeness (QED) is 0.0170. The molecule has 0 aliphatic carbocycles. The van der Waals surface area contributed by atoms with Crippen LogP contribution in [0.4, 0.5) is 0 Å². The van der Waals surface area contributed by atoms with Crippen molar-refractivity contribution in [3.63, 3.8) is 0 Å². The smallest absolute Gasteiger partial charge is 0.246 e. The van der Waals surface area contributed by atoms with E-state index in [4.69, 9.17) is 22.6 Å². The molecule has 2 aromatic heterocycles. The average molecular weight is 1830 g/mol. The summed E-state index contributed by atoms with van der Waals surface area (Å²) in [6.07, 6.45) is 1.80. The van der Waals surface area contributed by atoms with Crippen LogP contribution in [0.3, 0.4) is 0 Å². The van der Waals surface area contributed by atoms with Gasteiger partial charge in [-0.1, -0.05) is 120 Å². The lowest BCUT2D eigenvalue weighted by atomic mass is 10.00. The number of aromatic amines is 2. The summed E-state index contributed by atoms with van der Waals surface area (Å²) >= 11 is 0.796. The van der Waals surface area contributed by atoms with E-state index in [1.165, 1.54) is 28.1 Å². The number of aromatic nitrogens is 2. The maximum atomic E-state index is 15.7. The molecule has 8 rings (SSSR count). The van der Waals surface area contributed by atoms with Crippen molar-refractivity contribution in [1.29, 1.82) is 5.41 Å². The second-order valence-corrected chi connectivity index (χ2v) is 34.8. The Kier molecular flexibility index (Phi) is 38.8. The number of hydrogen-bond acceptors (Lipinski definition) is 21. The van der Waals surface area contributed by atoms with Crippen LogP contribution < -0.4 is 75.7 Å². The molecule has 0 spiro atoms. The van der Waals surface area contributed by atoms with Crippen molar-refractivity contribution >= 4 is 140 Å². The molecule has 0 bridgehead atoms. The molecule has 3 aliphatic rings. The van der Waals surface area contributed by atoms with Gasteiger partial charge in [-0.05, 0) is 93.5 Å². The summed E-state index contributed by atoms with van der Waals surface area (Å²) in [5.41, 5.74) is 20.4. The van der Waals surface area contributed by atoms with Gasteiger partial charge >= 0.3 is 0 Å². The number of nitrogens with one attached hydrogen (secondary N) is 14. The van der Waals surface area contributed by atoms with Crippen LogP contribution in [0.15, 0.2) is 85.2 Å². The highest BCUT2D eigenvalue weighted by molar-refractivity contribution is 8.00. The Morgan fingerprint density at radius 3 is 1.71 bits per heavy atom. The number of aliphatic hydroxyl groups excluding tert-OH is 2. The van der Waals surface area contributed by atoms with Crippen molar-refractivity contribution in [3.05, 3.63) is 107 Å². The fourth-order valence-corrected chi connectivity index (χ4v) is 16.9. The van der Waals surface area contributed by atoms with E-state index in [0.717, 1.165) is 41.8 Å². The Morgan fingerprint density at radius 1 is 0.554 bits per heavy atom. The molecule has 5 heterocycles. The van der Waals surface area contributed by atoms with Gasteiger partial charge in [0.05, 0.1) is 38.0 Å². The van der Waals surface area contributed by atoms with Crippen molar-refractivity contribution in [3.8, 4) is 0 Å². The topological polar surface area (TPSA) is 613 Å². The van der Waals surface area contributed by atoms with E-state index in [9.17, 15) is 63.0 Å². The van der Waals surface area contributed by atoms with Crippen molar-refractivity contribution in [2.45, 2.75) is 229 Å². The van der Waals surface area contributed by atoms with E-state index < -0.39 is 235 Å². The molecule has 3 fully saturated rings. The number of unbranched alkanes of at least 4 members (excludes halogenated alkanes) is 2. The largest absolute Gasteiger partial charge is 0.394 e. The standard InChI is InChI=1S/C88H126N22O19S/c1-10-12-25-67-81(123)100-59(24-18-32-93-88(91)92)77(119)105-66(76(118)96-42-72(90)114)46-130-47-74(116)99-62(35-51-30-28-49(5)29-31-51)83(125)106(7)50(6)75(117)102-64(39-71(89)113)85(127)109-33-19-27-68(109)80(122)97-43-73(115)98-61(34-48(3)4)86(128)110-44-54(112)38-70(110)82(124)101-60(36-52-40-94-57-22-16-14-20-55(52)57)78(120)104-65(45-111)79(121)103-63(37-53-41-95-58-23-17-15-21-56(53)58)84(126)108(9)69(26-13-11-2)87(129)107(67)8/h14-17,20-23,28-31,40-41,48,50,54,59-70,94-95,111-112H,10-13,18-19,24-27,32-39,42-47H2,1-9H3,(H2,89,113)(H2,90,114)(H,96,118)(H,97,122)(H,98,115)(H,99,116)(H,100,123)(H,101,124)(H,102,117)(H,103,121)(H,104,120)(H,105,119)(H4,91,92,93)/t50-,54+,59-,60-,61-,62-,63-,64-,65-,66-,67-,68-,69-,70?/m0/s1. The minimum atomic E-state index is -1.87. The van der Waals surface area contributed by atoms with Crippen LogP contribution in [0.25, 0.3) is 21.8 Å². The van der Waals surface area contributed by atoms with Crippen molar-refractivity contribution in [2.75, 3.05) is 72.0 Å². The number of thioether (sulfide) groups is 1. The maximum Gasteiger partial charge on any atom is 0.246 e. The number of nitrogens with zero attached hydrogens (tertiary/aromatic N) is 5. The van der Waals surface area contributed by atoms with Gasteiger partial charge < -0.3 is 120 Å². The summed E-state index contributed by atoms with van der Waals surface area (Å²) in [7, 11) is 3.96. The summed E-state index contributed by atoms with van der Waals surface area (Å²) in [6, 6.07) is 1.32. The molecule has 0 saturated carbocycles. The third-order valence-electron chi connectivity index (χ3n) is 23.3. The summed E-state index contributed by atoms with van der Waals surface area (Å²) in [6.45, 7) is 7.26. The fourth-order valence-electron chi connectivity index (χ4n) is 16.0. The molecule has 14 atom stereocenters. The summed E-state index contributed by atoms with van der Waals surface area (Å²) in [4.78, 5) is 259. The molecule has 0 radical (unpaired) electrons. The molecule has 41 nitrogen and oxygen atoms in total. The summed E-state index contributed by atoms with van der Waals surface area (Å²) in [5, 5.41) is 60.4. The number of H-pyrrole nitrogens is 2. The van der Waals surface area contributed by atoms with Crippen LogP contribution in [0.5, 0.6) is 0 Å². The molecule has 708 valence electrons. The van der Waals surface area contributed by atoms with Gasteiger partial charge in [0.15, 0.2) is 5.96 Å². The number of nitrogens with two attached hydrogens (primary N) is 3. The lowest BCUT2D eigenvalue weighted by Gasteiger charge is -2.36. The zero-order chi connectivity index (χ0) is 95.3. The number of aryl methyl sites for hydroxylation is 1. The van der Waals surface area contributed by atoms with E-state index in [1.807, 2.05) is 20.8 Å². The van der Waals surface area contributed by atoms with E-state index in [0.29, 0.717) is 64.2 Å². The van der Waals surface area contributed by atoms with Gasteiger partial charge in [-0.3, -0.25) is 86.9 Å². The minimum Gasteiger partial charge on any atom is -0.394 e. The normalized spacial score (nSPS) is 24.7. The number of carbonyl (C=O) groups excluding carboxylic acids is 17. The number of guanidine groups is 1. The Morgan fingerprint density at radius 2 is 1.10 bits per heavy atom. The number of likely N-dealkylation sites (N-methyl/N-ethyl adjacent to an activating group) is 3. The van der Waals surface area contributed by atoms with Gasteiger partial charge in [-0.15, -0.1) is 11.8 Å². The molecule has 42 heteroatoms. The first-order valence-electron chi connectivity index (χ1n) is 43.9. The Labute approximate surface area is 757 Å². The summed E-state index contributed by atoms with van der Waals surface area (Å²) < 4.78 is 0. The Balaban J connectivity index is 1.17. The monoisotopic (exact) mass is 1830 g/mol. The van der Waals surface area contributed by atoms with Gasteiger partial charge in [-0.25, -0.2) is 0 Å². The predicted molar refractivity (Wildman–Crippen MR) is 482 cm³/mol. The number of benzene rings is 3. The molecule has 3 aromatic carbocycles. The highest BCUT2D eigenvalue weighted by Crippen LogP contribution is 2.28. The van der Waals surface area contributed by atoms with Crippen LogP contribution in [0, 0.1) is 18.3 Å². The first-order chi connectivity index (χ1) is 61.8. The molecular formula is C88H126N22O19S. The Hall–Kier alpha value is -12.7. The zero-order valence-electron chi connectivity index (χ0n) is 74.9. The van der Waals surface area contributed by atoms with Crippen LogP contribution >= 0.6 is 11.8 Å².